The second kappa shape index (κ2) is 12.1. The largest absolute Gasteiger partial charge is 0.489 e. The molecule has 1 amide bonds. The number of amides is 1. The summed E-state index contributed by atoms with van der Waals surface area (Å²) in [6.45, 7) is 2.23. The molecule has 288 valence electrons. The van der Waals surface area contributed by atoms with Crippen molar-refractivity contribution >= 4 is 60.7 Å². The summed E-state index contributed by atoms with van der Waals surface area (Å²) in [6.07, 6.45) is 2.61. The van der Waals surface area contributed by atoms with Crippen LogP contribution in [0.4, 0.5) is 32.8 Å². The van der Waals surface area contributed by atoms with Gasteiger partial charge in [-0.3, -0.25) is 9.69 Å². The minimum absolute atomic E-state index is 0.00976. The average Bonchev–Trinajstić information content (AvgIpc) is 3.34. The first-order chi connectivity index (χ1) is 26.3. The Morgan fingerprint density at radius 2 is 1.95 bits per heavy atom. The molecule has 4 saturated heterocycles. The van der Waals surface area contributed by atoms with E-state index in [1.54, 1.807) is 0 Å². The summed E-state index contributed by atoms with van der Waals surface area (Å²) >= 11 is 8.00. The standard InChI is InChI=1S/C38H35ClF5N7O3S/c39-27-25(20-4-5-23(41)31-24(20)21(11-45)32(46)55-31)28(42)29-26-30(27)53-13-19-3-1-6-36(14-49(15-36)34(52)22-10-38(22,43)44)16-51(19)33(26)48-35(47-29)54-17-37-7-2-8-50(37)12-18(40)9-37/h4-5,18-19,22H,1-3,6-10,12-17,46H2/t18-,19?,22?,37+/m1/s1. The molecule has 17 heteroatoms. The van der Waals surface area contributed by atoms with E-state index in [0.29, 0.717) is 44.8 Å². The topological polar surface area (TPSA) is 121 Å². The highest BCUT2D eigenvalue weighted by atomic mass is 35.5. The predicted molar refractivity (Wildman–Crippen MR) is 196 cm³/mol. The number of thiophene rings is 1. The Morgan fingerprint density at radius 3 is 2.71 bits per heavy atom. The molecule has 5 fully saturated rings. The Bertz CT molecular complexity index is 2370. The maximum atomic E-state index is 17.5. The van der Waals surface area contributed by atoms with E-state index in [1.807, 2.05) is 11.0 Å². The molecule has 2 aromatic carbocycles. The molecule has 2 aromatic heterocycles. The number of benzene rings is 2. The number of nitrogens with two attached hydrogens (primary N) is 1. The number of nitrogen functional groups attached to an aromatic ring is 1. The lowest BCUT2D eigenvalue weighted by Crippen LogP contribution is -2.63. The van der Waals surface area contributed by atoms with Crippen LogP contribution < -0.4 is 20.1 Å². The number of carbonyl (C=O) groups is 1. The van der Waals surface area contributed by atoms with Gasteiger partial charge in [0.2, 0.25) is 5.91 Å². The molecule has 10 nitrogen and oxygen atoms in total. The fraction of sp³-hybridized carbons (Fsp3) is 0.526. The molecule has 2 N–H and O–H groups in total. The molecule has 10 rings (SSSR count). The number of aromatic nitrogens is 2. The first kappa shape index (κ1) is 35.2. The summed E-state index contributed by atoms with van der Waals surface area (Å²) in [7, 11) is 0. The number of hydrogen-bond donors (Lipinski definition) is 1. The van der Waals surface area contributed by atoms with Crippen molar-refractivity contribution in [1.82, 2.24) is 19.8 Å². The summed E-state index contributed by atoms with van der Waals surface area (Å²) in [5, 5.41) is 10.3. The van der Waals surface area contributed by atoms with Crippen LogP contribution in [0.2, 0.25) is 5.02 Å². The summed E-state index contributed by atoms with van der Waals surface area (Å²) in [6, 6.07) is 4.13. The molecule has 7 heterocycles. The number of rotatable bonds is 5. The van der Waals surface area contributed by atoms with Gasteiger partial charge in [-0.05, 0) is 43.9 Å². The van der Waals surface area contributed by atoms with Crippen molar-refractivity contribution < 1.29 is 36.2 Å². The average molecular weight is 800 g/mol. The second-order valence-electron chi connectivity index (χ2n) is 16.2. The van der Waals surface area contributed by atoms with Gasteiger partial charge >= 0.3 is 6.01 Å². The number of likely N-dealkylation sites (tertiary alicyclic amines) is 1. The fourth-order valence-corrected chi connectivity index (χ4v) is 11.2. The zero-order chi connectivity index (χ0) is 38.2. The minimum Gasteiger partial charge on any atom is -0.489 e. The molecule has 5 aliphatic heterocycles. The van der Waals surface area contributed by atoms with Crippen molar-refractivity contribution in [1.29, 1.82) is 5.26 Å². The van der Waals surface area contributed by atoms with E-state index in [2.05, 4.69) is 9.88 Å². The molecule has 4 atom stereocenters. The van der Waals surface area contributed by atoms with Gasteiger partial charge in [0.1, 0.15) is 53.5 Å². The Hall–Kier alpha value is -4.20. The summed E-state index contributed by atoms with van der Waals surface area (Å²) < 4.78 is 87.8. The smallest absolute Gasteiger partial charge is 0.319 e. The Balaban J connectivity index is 1.12. The number of ether oxygens (including phenoxy) is 2. The Kier molecular flexibility index (Phi) is 7.78. The van der Waals surface area contributed by atoms with E-state index in [9.17, 15) is 23.2 Å². The van der Waals surface area contributed by atoms with Gasteiger partial charge in [0.25, 0.3) is 5.92 Å². The highest BCUT2D eigenvalue weighted by molar-refractivity contribution is 7.23. The third kappa shape index (κ3) is 5.28. The first-order valence-electron chi connectivity index (χ1n) is 18.5. The van der Waals surface area contributed by atoms with Crippen molar-refractivity contribution in [3.05, 3.63) is 34.4 Å². The van der Waals surface area contributed by atoms with E-state index < -0.39 is 52.9 Å². The Morgan fingerprint density at radius 1 is 1.15 bits per heavy atom. The molecule has 6 aliphatic rings. The number of halogens is 6. The number of carbonyl (C=O) groups excluding carboxylic acids is 1. The van der Waals surface area contributed by atoms with Crippen molar-refractivity contribution in [3.8, 4) is 29.0 Å². The quantitative estimate of drug-likeness (QED) is 0.211. The minimum atomic E-state index is -2.96. The summed E-state index contributed by atoms with van der Waals surface area (Å²) in [4.78, 5) is 28.1. The van der Waals surface area contributed by atoms with E-state index in [0.717, 1.165) is 43.6 Å². The molecular weight excluding hydrogens is 765 g/mol. The number of nitriles is 1. The monoisotopic (exact) mass is 799 g/mol. The van der Waals surface area contributed by atoms with Gasteiger partial charge in [0.15, 0.2) is 11.6 Å². The SMILES string of the molecule is N#Cc1c(N)sc2c(F)ccc(-c3c(Cl)c4c5c(nc(OC[C@@]67CCCN6C[C@H](F)C7)nc5c3F)N3CC5(CCCC3CO4)CN(C(=O)C3CC3(F)F)C5)c12. The van der Waals surface area contributed by atoms with Gasteiger partial charge in [0.05, 0.1) is 32.3 Å². The number of nitrogens with zero attached hydrogens (tertiary/aromatic N) is 6. The second-order valence-corrected chi connectivity index (χ2v) is 17.6. The van der Waals surface area contributed by atoms with Crippen LogP contribution in [0.15, 0.2) is 12.1 Å². The fourth-order valence-electron chi connectivity index (χ4n) is 9.95. The van der Waals surface area contributed by atoms with Gasteiger partial charge in [-0.1, -0.05) is 24.1 Å². The zero-order valence-electron chi connectivity index (χ0n) is 29.4. The predicted octanol–water partition coefficient (Wildman–Crippen LogP) is 7.09. The van der Waals surface area contributed by atoms with Gasteiger partial charge < -0.3 is 25.0 Å². The summed E-state index contributed by atoms with van der Waals surface area (Å²) in [5.41, 5.74) is 4.93. The van der Waals surface area contributed by atoms with Crippen LogP contribution in [0, 0.1) is 34.3 Å². The van der Waals surface area contributed by atoms with Crippen molar-refractivity contribution in [3.63, 3.8) is 0 Å². The first-order valence-corrected chi connectivity index (χ1v) is 19.7. The van der Waals surface area contributed by atoms with Crippen LogP contribution in [0.3, 0.4) is 0 Å². The lowest BCUT2D eigenvalue weighted by molar-refractivity contribution is -0.147. The number of fused-ring (bicyclic) bond motifs is 4. The Labute approximate surface area is 320 Å². The normalized spacial score (nSPS) is 27.6. The maximum Gasteiger partial charge on any atom is 0.319 e. The molecule has 2 unspecified atom stereocenters. The van der Waals surface area contributed by atoms with Crippen LogP contribution in [0.1, 0.15) is 50.5 Å². The zero-order valence-corrected chi connectivity index (χ0v) is 31.0. The van der Waals surface area contributed by atoms with Gasteiger partial charge in [-0.15, -0.1) is 11.3 Å². The third-order valence-corrected chi connectivity index (χ3v) is 14.1. The van der Waals surface area contributed by atoms with Crippen molar-refractivity contribution in [2.45, 2.75) is 68.6 Å². The van der Waals surface area contributed by atoms with E-state index in [1.165, 1.54) is 17.0 Å². The van der Waals surface area contributed by atoms with Gasteiger partial charge in [-0.2, -0.15) is 15.2 Å². The van der Waals surface area contributed by atoms with Crippen LogP contribution in [0.25, 0.3) is 32.1 Å². The van der Waals surface area contributed by atoms with Crippen LogP contribution in [-0.4, -0.2) is 95.3 Å². The molecular formula is C38H35ClF5N7O3S. The molecule has 1 aliphatic carbocycles. The maximum absolute atomic E-state index is 17.5. The van der Waals surface area contributed by atoms with E-state index >= 15 is 8.78 Å². The van der Waals surface area contributed by atoms with Crippen molar-refractivity contribution in [2.75, 3.05) is 56.6 Å². The summed E-state index contributed by atoms with van der Waals surface area (Å²) in [5.74, 6) is -5.86. The molecule has 0 bridgehead atoms. The lowest BCUT2D eigenvalue weighted by atomic mass is 9.75. The molecule has 1 spiro atoms. The highest BCUT2D eigenvalue weighted by Crippen LogP contribution is 2.54. The third-order valence-electron chi connectivity index (χ3n) is 12.7. The number of alkyl halides is 3. The van der Waals surface area contributed by atoms with Crippen LogP contribution in [0.5, 0.6) is 11.8 Å². The molecule has 0 radical (unpaired) electrons. The van der Waals surface area contributed by atoms with Gasteiger partial charge in [0, 0.05) is 55.4 Å². The molecule has 4 aromatic rings. The van der Waals surface area contributed by atoms with Gasteiger partial charge in [-0.25, -0.2) is 22.0 Å². The van der Waals surface area contributed by atoms with Crippen molar-refractivity contribution in [2.24, 2.45) is 11.3 Å². The highest BCUT2D eigenvalue weighted by Gasteiger charge is 2.64. The number of anilines is 2. The molecule has 1 saturated carbocycles. The number of hydrogen-bond acceptors (Lipinski definition) is 10. The van der Waals surface area contributed by atoms with E-state index in [4.69, 9.17) is 31.8 Å². The molecule has 55 heavy (non-hydrogen) atoms. The van der Waals surface area contributed by atoms with Crippen LogP contribution in [-0.2, 0) is 4.79 Å². The van der Waals surface area contributed by atoms with Crippen LogP contribution >= 0.6 is 22.9 Å². The van der Waals surface area contributed by atoms with E-state index in [-0.39, 0.29) is 78.7 Å². The lowest BCUT2D eigenvalue weighted by Gasteiger charge is -2.52.